The highest BCUT2D eigenvalue weighted by molar-refractivity contribution is 5.83. The predicted octanol–water partition coefficient (Wildman–Crippen LogP) is 3.03. The number of amides is 1. The molecule has 0 aliphatic carbocycles. The summed E-state index contributed by atoms with van der Waals surface area (Å²) < 4.78 is 0. The largest absolute Gasteiger partial charge is 0.348 e. The van der Waals surface area contributed by atoms with Gasteiger partial charge in [0, 0.05) is 0 Å². The van der Waals surface area contributed by atoms with E-state index >= 15 is 0 Å². The van der Waals surface area contributed by atoms with Crippen molar-refractivity contribution < 1.29 is 4.79 Å². The summed E-state index contributed by atoms with van der Waals surface area (Å²) in [4.78, 5) is 12.6. The molecule has 2 N–H and O–H groups in total. The van der Waals surface area contributed by atoms with Gasteiger partial charge < -0.3 is 10.6 Å². The number of carbonyl (C=O) groups excluding carboxylic acids is 1. The lowest BCUT2D eigenvalue weighted by molar-refractivity contribution is -0.127. The van der Waals surface area contributed by atoms with Crippen molar-refractivity contribution in [2.45, 2.75) is 52.1 Å². The van der Waals surface area contributed by atoms with E-state index in [9.17, 15) is 4.79 Å². The van der Waals surface area contributed by atoms with Crippen LogP contribution in [0.25, 0.3) is 0 Å². The SMILES string of the molecule is CCC(NC(=O)C1NCCCC1(C)C)c1ccccc1. The molecule has 1 aromatic rings. The first-order valence-electron chi connectivity index (χ1n) is 7.63. The minimum absolute atomic E-state index is 0.0251. The summed E-state index contributed by atoms with van der Waals surface area (Å²) in [6.45, 7) is 7.39. The first kappa shape index (κ1) is 15.0. The topological polar surface area (TPSA) is 41.1 Å². The number of carbonyl (C=O) groups is 1. The number of benzene rings is 1. The second kappa shape index (κ2) is 6.40. The van der Waals surface area contributed by atoms with Gasteiger partial charge in [0.2, 0.25) is 5.91 Å². The van der Waals surface area contributed by atoms with Crippen LogP contribution in [0, 0.1) is 5.41 Å². The van der Waals surface area contributed by atoms with Crippen molar-refractivity contribution in [3.8, 4) is 0 Å². The molecular formula is C17H26N2O. The molecule has 1 heterocycles. The van der Waals surface area contributed by atoms with Crippen molar-refractivity contribution in [2.75, 3.05) is 6.54 Å². The number of hydrogen-bond acceptors (Lipinski definition) is 2. The van der Waals surface area contributed by atoms with Crippen molar-refractivity contribution in [3.63, 3.8) is 0 Å². The van der Waals surface area contributed by atoms with E-state index in [1.165, 1.54) is 5.56 Å². The molecule has 2 atom stereocenters. The molecule has 20 heavy (non-hydrogen) atoms. The maximum absolute atomic E-state index is 12.6. The molecule has 0 radical (unpaired) electrons. The van der Waals surface area contributed by atoms with E-state index in [0.29, 0.717) is 0 Å². The highest BCUT2D eigenvalue weighted by atomic mass is 16.2. The normalized spacial score (nSPS) is 23.1. The van der Waals surface area contributed by atoms with Crippen LogP contribution in [0.15, 0.2) is 30.3 Å². The van der Waals surface area contributed by atoms with Crippen molar-refractivity contribution >= 4 is 5.91 Å². The zero-order valence-electron chi connectivity index (χ0n) is 12.8. The lowest BCUT2D eigenvalue weighted by atomic mass is 9.77. The molecule has 0 spiro atoms. The van der Waals surface area contributed by atoms with Gasteiger partial charge in [-0.2, -0.15) is 0 Å². The Morgan fingerprint density at radius 3 is 2.70 bits per heavy atom. The average Bonchev–Trinajstić information content (AvgIpc) is 2.45. The quantitative estimate of drug-likeness (QED) is 0.886. The van der Waals surface area contributed by atoms with Gasteiger partial charge >= 0.3 is 0 Å². The number of rotatable bonds is 4. The Morgan fingerprint density at radius 2 is 2.10 bits per heavy atom. The van der Waals surface area contributed by atoms with Crippen LogP contribution in [0.5, 0.6) is 0 Å². The summed E-state index contributed by atoms with van der Waals surface area (Å²) in [7, 11) is 0. The van der Waals surface area contributed by atoms with Crippen LogP contribution in [-0.2, 0) is 4.79 Å². The van der Waals surface area contributed by atoms with Gasteiger partial charge in [-0.15, -0.1) is 0 Å². The van der Waals surface area contributed by atoms with E-state index in [0.717, 1.165) is 25.8 Å². The van der Waals surface area contributed by atoms with E-state index in [1.807, 2.05) is 18.2 Å². The Hall–Kier alpha value is -1.35. The van der Waals surface area contributed by atoms with E-state index in [1.54, 1.807) is 0 Å². The van der Waals surface area contributed by atoms with Crippen LogP contribution in [0.2, 0.25) is 0 Å². The van der Waals surface area contributed by atoms with E-state index in [2.05, 4.69) is 43.5 Å². The summed E-state index contributed by atoms with van der Waals surface area (Å²) in [6.07, 6.45) is 3.15. The molecule has 0 saturated carbocycles. The van der Waals surface area contributed by atoms with Gasteiger partial charge in [0.05, 0.1) is 12.1 Å². The fraction of sp³-hybridized carbons (Fsp3) is 0.588. The van der Waals surface area contributed by atoms with Gasteiger partial charge in [-0.05, 0) is 36.8 Å². The molecular weight excluding hydrogens is 248 g/mol. The fourth-order valence-electron chi connectivity index (χ4n) is 3.02. The lowest BCUT2D eigenvalue weighted by Gasteiger charge is -2.39. The summed E-state index contributed by atoms with van der Waals surface area (Å²) in [5.74, 6) is 0.130. The molecule has 1 fully saturated rings. The second-order valence-corrected chi connectivity index (χ2v) is 6.36. The van der Waals surface area contributed by atoms with E-state index in [4.69, 9.17) is 0 Å². The summed E-state index contributed by atoms with van der Waals surface area (Å²) in [5.41, 5.74) is 1.20. The molecule has 1 aliphatic rings. The maximum atomic E-state index is 12.6. The number of nitrogens with one attached hydrogen (secondary N) is 2. The van der Waals surface area contributed by atoms with Gasteiger partial charge in [0.1, 0.15) is 0 Å². The fourth-order valence-corrected chi connectivity index (χ4v) is 3.02. The van der Waals surface area contributed by atoms with Crippen LogP contribution in [0.4, 0.5) is 0 Å². The molecule has 0 bridgehead atoms. The van der Waals surface area contributed by atoms with Gasteiger partial charge in [-0.3, -0.25) is 4.79 Å². The summed E-state index contributed by atoms with van der Waals surface area (Å²) in [5, 5.41) is 6.58. The highest BCUT2D eigenvalue weighted by Gasteiger charge is 2.37. The van der Waals surface area contributed by atoms with Crippen LogP contribution in [0.1, 0.15) is 51.6 Å². The molecule has 2 unspecified atom stereocenters. The predicted molar refractivity (Wildman–Crippen MR) is 82.4 cm³/mol. The van der Waals surface area contributed by atoms with Crippen LogP contribution in [0.3, 0.4) is 0 Å². The highest BCUT2D eigenvalue weighted by Crippen LogP contribution is 2.30. The van der Waals surface area contributed by atoms with Crippen molar-refractivity contribution in [1.82, 2.24) is 10.6 Å². The molecule has 1 amide bonds. The number of hydrogen-bond donors (Lipinski definition) is 2. The third kappa shape index (κ3) is 3.40. The Morgan fingerprint density at radius 1 is 1.40 bits per heavy atom. The molecule has 1 aliphatic heterocycles. The average molecular weight is 274 g/mol. The molecule has 3 heteroatoms. The third-order valence-corrected chi connectivity index (χ3v) is 4.32. The lowest BCUT2D eigenvalue weighted by Crippen LogP contribution is -2.56. The molecule has 0 aromatic heterocycles. The molecule has 2 rings (SSSR count). The van der Waals surface area contributed by atoms with E-state index < -0.39 is 0 Å². The van der Waals surface area contributed by atoms with Crippen LogP contribution < -0.4 is 10.6 Å². The first-order chi connectivity index (χ1) is 9.54. The van der Waals surface area contributed by atoms with Gasteiger partial charge in [-0.25, -0.2) is 0 Å². The Kier molecular flexibility index (Phi) is 4.81. The Bertz CT molecular complexity index is 442. The molecule has 1 aromatic carbocycles. The van der Waals surface area contributed by atoms with Crippen LogP contribution >= 0.6 is 0 Å². The summed E-state index contributed by atoms with van der Waals surface area (Å²) in [6, 6.07) is 10.2. The second-order valence-electron chi connectivity index (χ2n) is 6.36. The maximum Gasteiger partial charge on any atom is 0.238 e. The molecule has 3 nitrogen and oxygen atoms in total. The van der Waals surface area contributed by atoms with Gasteiger partial charge in [-0.1, -0.05) is 51.1 Å². The smallest absolute Gasteiger partial charge is 0.238 e. The zero-order chi connectivity index (χ0) is 14.6. The van der Waals surface area contributed by atoms with Gasteiger partial charge in [0.25, 0.3) is 0 Å². The van der Waals surface area contributed by atoms with Crippen molar-refractivity contribution in [3.05, 3.63) is 35.9 Å². The molecule has 1 saturated heterocycles. The Balaban J connectivity index is 2.06. The number of piperidine rings is 1. The third-order valence-electron chi connectivity index (χ3n) is 4.32. The van der Waals surface area contributed by atoms with E-state index in [-0.39, 0.29) is 23.4 Å². The van der Waals surface area contributed by atoms with Crippen molar-refractivity contribution in [1.29, 1.82) is 0 Å². The summed E-state index contributed by atoms with van der Waals surface area (Å²) >= 11 is 0. The van der Waals surface area contributed by atoms with Gasteiger partial charge in [0.15, 0.2) is 0 Å². The zero-order valence-corrected chi connectivity index (χ0v) is 12.8. The Labute approximate surface area is 122 Å². The standard InChI is InChI=1S/C17H26N2O/c1-4-14(13-9-6-5-7-10-13)19-16(20)15-17(2,3)11-8-12-18-15/h5-7,9-10,14-15,18H,4,8,11-12H2,1-3H3,(H,19,20). The first-order valence-corrected chi connectivity index (χ1v) is 7.63. The minimum atomic E-state index is -0.0889. The monoisotopic (exact) mass is 274 g/mol. The van der Waals surface area contributed by atoms with Crippen molar-refractivity contribution in [2.24, 2.45) is 5.41 Å². The minimum Gasteiger partial charge on any atom is -0.348 e. The molecule has 110 valence electrons. The van der Waals surface area contributed by atoms with Crippen LogP contribution in [-0.4, -0.2) is 18.5 Å².